The molecule has 0 spiro atoms. The Morgan fingerprint density at radius 3 is 2.63 bits per heavy atom. The van der Waals surface area contributed by atoms with Gasteiger partial charge in [0.15, 0.2) is 0 Å². The fraction of sp³-hybridized carbons (Fsp3) is 0.312. The molecule has 4 aromatic rings. The van der Waals surface area contributed by atoms with E-state index in [0.717, 1.165) is 72.5 Å². The van der Waals surface area contributed by atoms with E-state index in [1.54, 1.807) is 0 Å². The molecule has 3 aromatic carbocycles. The van der Waals surface area contributed by atoms with Gasteiger partial charge in [-0.1, -0.05) is 54.6 Å². The Balaban J connectivity index is 1.22. The fourth-order valence-corrected chi connectivity index (χ4v) is 5.08. The van der Waals surface area contributed by atoms with Gasteiger partial charge in [0.25, 0.3) is 0 Å². The van der Waals surface area contributed by atoms with Crippen LogP contribution in [0.25, 0.3) is 10.9 Å². The summed E-state index contributed by atoms with van der Waals surface area (Å²) < 4.78 is 6.18. The summed E-state index contributed by atoms with van der Waals surface area (Å²) in [6.07, 6.45) is 3.31. The normalized spacial score (nSPS) is 14.7. The lowest BCUT2D eigenvalue weighted by molar-refractivity contribution is -0.126. The van der Waals surface area contributed by atoms with E-state index in [2.05, 4.69) is 45.2 Å². The monoisotopic (exact) mass is 508 g/mol. The van der Waals surface area contributed by atoms with E-state index in [-0.39, 0.29) is 17.9 Å². The second kappa shape index (κ2) is 12.6. The standard InChI is InChI=1S/C32H36N4O2/c1-23-20-31(29-12-5-6-13-30(29)34-23)35-26-10-7-11-28(22-26)38-19-16-27(21-24-8-3-2-4-9-24)36-32(37)25-14-17-33-18-15-25/h2-13,20,22,25,27,33H,14-19,21H2,1H3,(H,34,35)(H,36,37). The number of hydrogen-bond donors (Lipinski definition) is 3. The first kappa shape index (κ1) is 25.7. The van der Waals surface area contributed by atoms with Crippen molar-refractivity contribution in [2.75, 3.05) is 25.0 Å². The van der Waals surface area contributed by atoms with E-state index >= 15 is 0 Å². The number of carbonyl (C=O) groups is 1. The number of amides is 1. The summed E-state index contributed by atoms with van der Waals surface area (Å²) in [4.78, 5) is 17.6. The second-order valence-corrected chi connectivity index (χ2v) is 10.0. The first-order valence-electron chi connectivity index (χ1n) is 13.6. The maximum Gasteiger partial charge on any atom is 0.223 e. The van der Waals surface area contributed by atoms with E-state index in [1.807, 2.05) is 67.6 Å². The van der Waals surface area contributed by atoms with Gasteiger partial charge in [-0.2, -0.15) is 0 Å². The van der Waals surface area contributed by atoms with Crippen molar-refractivity contribution < 1.29 is 9.53 Å². The lowest BCUT2D eigenvalue weighted by Crippen LogP contribution is -2.44. The Morgan fingerprint density at radius 1 is 1.00 bits per heavy atom. The lowest BCUT2D eigenvalue weighted by Gasteiger charge is -2.25. The fourth-order valence-electron chi connectivity index (χ4n) is 5.08. The van der Waals surface area contributed by atoms with Gasteiger partial charge >= 0.3 is 0 Å². The van der Waals surface area contributed by atoms with E-state index in [1.165, 1.54) is 5.56 Å². The first-order valence-corrected chi connectivity index (χ1v) is 13.6. The molecule has 1 aliphatic rings. The largest absolute Gasteiger partial charge is 0.493 e. The summed E-state index contributed by atoms with van der Waals surface area (Å²) in [6.45, 7) is 4.34. The third kappa shape index (κ3) is 6.90. The summed E-state index contributed by atoms with van der Waals surface area (Å²) in [5.74, 6) is 1.05. The molecule has 6 heteroatoms. The number of rotatable bonds is 10. The van der Waals surface area contributed by atoms with Crippen molar-refractivity contribution in [1.29, 1.82) is 0 Å². The number of nitrogens with one attached hydrogen (secondary N) is 3. The number of pyridine rings is 1. The van der Waals surface area contributed by atoms with Crippen LogP contribution in [0.2, 0.25) is 0 Å². The number of aryl methyl sites for hydroxylation is 1. The predicted octanol–water partition coefficient (Wildman–Crippen LogP) is 5.78. The molecule has 0 radical (unpaired) electrons. The Labute approximate surface area is 224 Å². The highest BCUT2D eigenvalue weighted by Gasteiger charge is 2.23. The van der Waals surface area contributed by atoms with Gasteiger partial charge in [-0.05, 0) is 69.1 Å². The van der Waals surface area contributed by atoms with Crippen molar-refractivity contribution in [3.63, 3.8) is 0 Å². The minimum atomic E-state index is 0.0206. The van der Waals surface area contributed by atoms with Crippen LogP contribution in [0.15, 0.2) is 84.9 Å². The van der Waals surface area contributed by atoms with Gasteiger partial charge in [0.1, 0.15) is 5.75 Å². The minimum Gasteiger partial charge on any atom is -0.493 e. The summed E-state index contributed by atoms with van der Waals surface area (Å²) >= 11 is 0. The number of para-hydroxylation sites is 1. The van der Waals surface area contributed by atoms with Crippen LogP contribution < -0.4 is 20.7 Å². The van der Waals surface area contributed by atoms with E-state index in [0.29, 0.717) is 6.61 Å². The highest BCUT2D eigenvalue weighted by molar-refractivity contribution is 5.93. The van der Waals surface area contributed by atoms with Crippen LogP contribution in [0.1, 0.15) is 30.5 Å². The van der Waals surface area contributed by atoms with Crippen LogP contribution in [0, 0.1) is 12.8 Å². The van der Waals surface area contributed by atoms with E-state index in [9.17, 15) is 4.79 Å². The molecular formula is C32H36N4O2. The molecule has 1 aliphatic heterocycles. The predicted molar refractivity (Wildman–Crippen MR) is 154 cm³/mol. The molecule has 1 saturated heterocycles. The topological polar surface area (TPSA) is 75.3 Å². The molecule has 6 nitrogen and oxygen atoms in total. The van der Waals surface area contributed by atoms with Gasteiger partial charge in [0.05, 0.1) is 12.1 Å². The van der Waals surface area contributed by atoms with Crippen molar-refractivity contribution in [3.05, 3.63) is 96.2 Å². The molecule has 38 heavy (non-hydrogen) atoms. The zero-order valence-corrected chi connectivity index (χ0v) is 22.0. The van der Waals surface area contributed by atoms with E-state index in [4.69, 9.17) is 4.74 Å². The summed E-state index contributed by atoms with van der Waals surface area (Å²) in [6, 6.07) is 28.6. The average Bonchev–Trinajstić information content (AvgIpc) is 2.94. The molecule has 1 atom stereocenters. The van der Waals surface area contributed by atoms with Gasteiger partial charge in [-0.25, -0.2) is 0 Å². The number of hydrogen-bond acceptors (Lipinski definition) is 5. The molecule has 5 rings (SSSR count). The summed E-state index contributed by atoms with van der Waals surface area (Å²) in [5.41, 5.74) is 5.13. The van der Waals surface area contributed by atoms with Crippen molar-refractivity contribution in [3.8, 4) is 5.75 Å². The highest BCUT2D eigenvalue weighted by Crippen LogP contribution is 2.28. The third-order valence-corrected chi connectivity index (χ3v) is 7.07. The number of aromatic nitrogens is 1. The second-order valence-electron chi connectivity index (χ2n) is 10.0. The Kier molecular flexibility index (Phi) is 8.51. The Morgan fingerprint density at radius 2 is 1.79 bits per heavy atom. The number of nitrogens with zero attached hydrogens (tertiary/aromatic N) is 1. The van der Waals surface area contributed by atoms with Gasteiger partial charge < -0.3 is 20.7 Å². The van der Waals surface area contributed by atoms with Crippen molar-refractivity contribution in [2.24, 2.45) is 5.92 Å². The third-order valence-electron chi connectivity index (χ3n) is 7.07. The molecule has 1 fully saturated rings. The average molecular weight is 509 g/mol. The van der Waals surface area contributed by atoms with Gasteiger partial charge in [0.2, 0.25) is 5.91 Å². The smallest absolute Gasteiger partial charge is 0.223 e. The molecule has 1 unspecified atom stereocenters. The van der Waals surface area contributed by atoms with Crippen molar-refractivity contribution in [2.45, 2.75) is 38.6 Å². The lowest BCUT2D eigenvalue weighted by atomic mass is 9.96. The molecule has 1 aromatic heterocycles. The molecule has 3 N–H and O–H groups in total. The van der Waals surface area contributed by atoms with Gasteiger partial charge in [0, 0.05) is 46.9 Å². The van der Waals surface area contributed by atoms with E-state index < -0.39 is 0 Å². The van der Waals surface area contributed by atoms with Crippen LogP contribution in [0.4, 0.5) is 11.4 Å². The Bertz CT molecular complexity index is 1350. The number of anilines is 2. The SMILES string of the molecule is Cc1cc(Nc2cccc(OCCC(Cc3ccccc3)NC(=O)C3CCNCC3)c2)c2ccccc2n1. The van der Waals surface area contributed by atoms with Crippen LogP contribution in [-0.2, 0) is 11.2 Å². The van der Waals surface area contributed by atoms with Crippen molar-refractivity contribution in [1.82, 2.24) is 15.6 Å². The number of carbonyl (C=O) groups excluding carboxylic acids is 1. The molecule has 0 saturated carbocycles. The van der Waals surface area contributed by atoms with Crippen molar-refractivity contribution >= 4 is 28.2 Å². The number of fused-ring (bicyclic) bond motifs is 1. The molecule has 1 amide bonds. The molecule has 0 aliphatic carbocycles. The number of ether oxygens (including phenoxy) is 1. The maximum atomic E-state index is 13.0. The zero-order chi connectivity index (χ0) is 26.2. The van der Waals surface area contributed by atoms with Crippen LogP contribution in [-0.4, -0.2) is 36.6 Å². The highest BCUT2D eigenvalue weighted by atomic mass is 16.5. The van der Waals surface area contributed by atoms with Crippen LogP contribution in [0.3, 0.4) is 0 Å². The zero-order valence-electron chi connectivity index (χ0n) is 22.0. The molecule has 2 heterocycles. The molecule has 0 bridgehead atoms. The first-order chi connectivity index (χ1) is 18.6. The quantitative estimate of drug-likeness (QED) is 0.253. The van der Waals surface area contributed by atoms with Crippen LogP contribution >= 0.6 is 0 Å². The molecule has 196 valence electrons. The number of piperidine rings is 1. The molecular weight excluding hydrogens is 472 g/mol. The van der Waals surface area contributed by atoms with Gasteiger partial charge in [-0.3, -0.25) is 9.78 Å². The Hall–Kier alpha value is -3.90. The van der Waals surface area contributed by atoms with Crippen LogP contribution in [0.5, 0.6) is 5.75 Å². The summed E-state index contributed by atoms with van der Waals surface area (Å²) in [7, 11) is 0. The summed E-state index contributed by atoms with van der Waals surface area (Å²) in [5, 5.41) is 11.3. The van der Waals surface area contributed by atoms with Gasteiger partial charge in [-0.15, -0.1) is 0 Å². The minimum absolute atomic E-state index is 0.0206. The number of benzene rings is 3. The maximum absolute atomic E-state index is 13.0.